The van der Waals surface area contributed by atoms with Gasteiger partial charge in [-0.25, -0.2) is 0 Å². The molecule has 0 bridgehead atoms. The molecule has 2 N–H and O–H groups in total. The molecule has 1 heterocycles. The van der Waals surface area contributed by atoms with Gasteiger partial charge < -0.3 is 15.2 Å². The summed E-state index contributed by atoms with van der Waals surface area (Å²) in [5, 5.41) is 3.75. The predicted molar refractivity (Wildman–Crippen MR) is 125 cm³/mol. The van der Waals surface area contributed by atoms with E-state index >= 15 is 0 Å². The van der Waals surface area contributed by atoms with E-state index in [0.29, 0.717) is 39.6 Å². The Hall–Kier alpha value is -1.99. The third-order valence-electron chi connectivity index (χ3n) is 6.80. The van der Waals surface area contributed by atoms with E-state index < -0.39 is 0 Å². The van der Waals surface area contributed by atoms with E-state index in [1.807, 2.05) is 0 Å². The molecule has 2 aromatic rings. The maximum atomic E-state index is 13.0. The van der Waals surface area contributed by atoms with Gasteiger partial charge in [0.1, 0.15) is 0 Å². The number of rotatable bonds is 7. The molecule has 1 aliphatic rings. The summed E-state index contributed by atoms with van der Waals surface area (Å²) in [5.74, 6) is 0.992. The molecular formula is C23H34N4O2S. The Balaban J connectivity index is 1.82. The number of hydrogen-bond acceptors (Lipinski definition) is 4. The van der Waals surface area contributed by atoms with Gasteiger partial charge in [0.15, 0.2) is 4.77 Å². The lowest BCUT2D eigenvalue weighted by molar-refractivity contribution is 0.0891. The van der Waals surface area contributed by atoms with Gasteiger partial charge in [-0.05, 0) is 61.8 Å². The highest BCUT2D eigenvalue weighted by Crippen LogP contribution is 2.29. The second-order valence-electron chi connectivity index (χ2n) is 8.52. The quantitative estimate of drug-likeness (QED) is 0.653. The van der Waals surface area contributed by atoms with Crippen LogP contribution in [0.5, 0.6) is 0 Å². The van der Waals surface area contributed by atoms with Crippen LogP contribution in [0.4, 0.5) is 0 Å². The molecule has 30 heavy (non-hydrogen) atoms. The Morgan fingerprint density at radius 1 is 1.27 bits per heavy atom. The van der Waals surface area contributed by atoms with Gasteiger partial charge in [-0.2, -0.15) is 0 Å². The van der Waals surface area contributed by atoms with Gasteiger partial charge in [0.25, 0.3) is 11.5 Å². The first-order chi connectivity index (χ1) is 14.3. The van der Waals surface area contributed by atoms with E-state index in [4.69, 9.17) is 12.2 Å². The summed E-state index contributed by atoms with van der Waals surface area (Å²) >= 11 is 5.45. The molecule has 3 atom stereocenters. The van der Waals surface area contributed by atoms with Gasteiger partial charge in [-0.15, -0.1) is 0 Å². The first kappa shape index (κ1) is 22.7. The molecule has 1 aromatic heterocycles. The van der Waals surface area contributed by atoms with Gasteiger partial charge in [0.05, 0.1) is 10.9 Å². The second kappa shape index (κ2) is 9.88. The lowest BCUT2D eigenvalue weighted by Crippen LogP contribution is -2.43. The number of aromatic nitrogens is 2. The van der Waals surface area contributed by atoms with Crippen LogP contribution in [0.1, 0.15) is 57.3 Å². The summed E-state index contributed by atoms with van der Waals surface area (Å²) in [6, 6.07) is 5.41. The van der Waals surface area contributed by atoms with Crippen molar-refractivity contribution < 1.29 is 4.79 Å². The van der Waals surface area contributed by atoms with E-state index in [1.54, 1.807) is 22.8 Å². The summed E-state index contributed by atoms with van der Waals surface area (Å²) in [5.41, 5.74) is 1.06. The summed E-state index contributed by atoms with van der Waals surface area (Å²) in [6.07, 6.45) is 3.39. The maximum absolute atomic E-state index is 13.0. The molecule has 7 heteroatoms. The molecular weight excluding hydrogens is 396 g/mol. The number of nitrogens with zero attached hydrogens (tertiary/aromatic N) is 2. The fourth-order valence-electron chi connectivity index (χ4n) is 4.42. The maximum Gasteiger partial charge on any atom is 0.262 e. The van der Waals surface area contributed by atoms with E-state index in [2.05, 4.69) is 42.9 Å². The molecule has 1 aromatic carbocycles. The average molecular weight is 431 g/mol. The van der Waals surface area contributed by atoms with Gasteiger partial charge >= 0.3 is 0 Å². The molecule has 0 radical (unpaired) electrons. The lowest BCUT2D eigenvalue weighted by Gasteiger charge is -2.34. The van der Waals surface area contributed by atoms with Crippen LogP contribution in [0, 0.1) is 16.6 Å². The van der Waals surface area contributed by atoms with Crippen molar-refractivity contribution in [2.75, 3.05) is 19.6 Å². The molecule has 164 valence electrons. The molecule has 3 rings (SSSR count). The highest BCUT2D eigenvalue weighted by atomic mass is 32.1. The number of carbonyl (C=O) groups excluding carboxylic acids is 1. The number of hydrogen-bond donors (Lipinski definition) is 2. The van der Waals surface area contributed by atoms with E-state index in [1.165, 1.54) is 6.42 Å². The van der Waals surface area contributed by atoms with Gasteiger partial charge in [0, 0.05) is 24.7 Å². The predicted octanol–water partition coefficient (Wildman–Crippen LogP) is 3.96. The fraction of sp³-hybridized carbons (Fsp3) is 0.609. The number of likely N-dealkylation sites (N-methyl/N-ethyl adjacent to an activating group) is 1. The standard InChI is InChI=1S/C23H34N4O2S/c1-5-26(6-2)12-13-27-22(29)18-11-10-17(14-20(18)25-23(27)30)21(28)24-19-9-7-8-15(3)16(19)4/h10-11,14-16,19H,5-9,12-13H2,1-4H3,(H,24,28)(H,25,30)/t15-,16+,19+/m0/s1. The lowest BCUT2D eigenvalue weighted by atomic mass is 9.78. The highest BCUT2D eigenvalue weighted by Gasteiger charge is 2.28. The van der Waals surface area contributed by atoms with Crippen molar-refractivity contribution in [3.8, 4) is 0 Å². The van der Waals surface area contributed by atoms with Crippen LogP contribution in [-0.4, -0.2) is 46.0 Å². The van der Waals surface area contributed by atoms with Gasteiger partial charge in [0.2, 0.25) is 0 Å². The van der Waals surface area contributed by atoms with Crippen molar-refractivity contribution in [2.45, 2.75) is 59.5 Å². The van der Waals surface area contributed by atoms with Crippen molar-refractivity contribution >= 4 is 29.0 Å². The first-order valence-corrected chi connectivity index (χ1v) is 11.6. The Bertz CT molecular complexity index is 1010. The van der Waals surface area contributed by atoms with Crippen molar-refractivity contribution in [2.24, 2.45) is 11.8 Å². The summed E-state index contributed by atoms with van der Waals surface area (Å²) in [7, 11) is 0. The second-order valence-corrected chi connectivity index (χ2v) is 8.91. The van der Waals surface area contributed by atoms with E-state index in [0.717, 1.165) is 32.5 Å². The molecule has 0 saturated heterocycles. The molecule has 1 saturated carbocycles. The number of benzene rings is 1. The smallest absolute Gasteiger partial charge is 0.262 e. The molecule has 1 aliphatic carbocycles. The Labute approximate surface area is 183 Å². The van der Waals surface area contributed by atoms with Crippen LogP contribution in [0.2, 0.25) is 0 Å². The Kier molecular flexibility index (Phi) is 7.47. The molecule has 1 fully saturated rings. The number of carbonyl (C=O) groups is 1. The fourth-order valence-corrected chi connectivity index (χ4v) is 4.70. The number of amides is 1. The third-order valence-corrected chi connectivity index (χ3v) is 7.12. The minimum atomic E-state index is -0.109. The molecule has 0 aliphatic heterocycles. The number of fused-ring (bicyclic) bond motifs is 1. The highest BCUT2D eigenvalue weighted by molar-refractivity contribution is 7.71. The average Bonchev–Trinajstić information content (AvgIpc) is 2.73. The molecule has 1 amide bonds. The normalized spacial score (nSPS) is 21.8. The zero-order valence-corrected chi connectivity index (χ0v) is 19.3. The van der Waals surface area contributed by atoms with Gasteiger partial charge in [-0.3, -0.25) is 14.2 Å². The van der Waals surface area contributed by atoms with Crippen molar-refractivity contribution in [1.82, 2.24) is 19.8 Å². The van der Waals surface area contributed by atoms with Crippen molar-refractivity contribution in [3.63, 3.8) is 0 Å². The van der Waals surface area contributed by atoms with Crippen LogP contribution < -0.4 is 10.9 Å². The van der Waals surface area contributed by atoms with Crippen molar-refractivity contribution in [3.05, 3.63) is 38.9 Å². The number of aromatic amines is 1. The zero-order chi connectivity index (χ0) is 21.8. The summed E-state index contributed by atoms with van der Waals surface area (Å²) < 4.78 is 2.01. The Morgan fingerprint density at radius 3 is 2.70 bits per heavy atom. The van der Waals surface area contributed by atoms with Crippen LogP contribution in [-0.2, 0) is 6.54 Å². The van der Waals surface area contributed by atoms with Crippen LogP contribution in [0.15, 0.2) is 23.0 Å². The minimum Gasteiger partial charge on any atom is -0.349 e. The number of H-pyrrole nitrogens is 1. The number of nitrogens with one attached hydrogen (secondary N) is 2. The summed E-state index contributed by atoms with van der Waals surface area (Å²) in [6.45, 7) is 11.9. The Morgan fingerprint density at radius 2 is 2.00 bits per heavy atom. The van der Waals surface area contributed by atoms with Crippen molar-refractivity contribution in [1.29, 1.82) is 0 Å². The van der Waals surface area contributed by atoms with Gasteiger partial charge in [-0.1, -0.05) is 40.5 Å². The molecule has 6 nitrogen and oxygen atoms in total. The van der Waals surface area contributed by atoms with Crippen LogP contribution in [0.3, 0.4) is 0 Å². The SMILES string of the molecule is CCN(CC)CCn1c(=S)[nH]c2cc(C(=O)N[C@@H]3CCC[C@H](C)[C@H]3C)ccc2c1=O. The third kappa shape index (κ3) is 4.83. The first-order valence-electron chi connectivity index (χ1n) is 11.2. The minimum absolute atomic E-state index is 0.0899. The molecule has 0 spiro atoms. The topological polar surface area (TPSA) is 70.1 Å². The monoisotopic (exact) mass is 430 g/mol. The zero-order valence-electron chi connectivity index (χ0n) is 18.5. The largest absolute Gasteiger partial charge is 0.349 e. The van der Waals surface area contributed by atoms with Crippen LogP contribution >= 0.6 is 12.2 Å². The summed E-state index contributed by atoms with van der Waals surface area (Å²) in [4.78, 5) is 31.2. The van der Waals surface area contributed by atoms with E-state index in [-0.39, 0.29) is 17.5 Å². The van der Waals surface area contributed by atoms with Crippen LogP contribution in [0.25, 0.3) is 10.9 Å². The van der Waals surface area contributed by atoms with E-state index in [9.17, 15) is 9.59 Å². The molecule has 0 unspecified atom stereocenters.